The van der Waals surface area contributed by atoms with E-state index in [2.05, 4.69) is 27.7 Å². The summed E-state index contributed by atoms with van der Waals surface area (Å²) in [7, 11) is 0.996. The normalized spacial score (nSPS) is 31.2. The summed E-state index contributed by atoms with van der Waals surface area (Å²) < 4.78 is 11.7. The summed E-state index contributed by atoms with van der Waals surface area (Å²) in [5.74, 6) is -0.252. The van der Waals surface area contributed by atoms with Crippen LogP contribution in [-0.2, 0) is 9.47 Å². The van der Waals surface area contributed by atoms with Crippen molar-refractivity contribution in [1.29, 1.82) is 0 Å². The quantitative estimate of drug-likeness (QED) is 0.464. The van der Waals surface area contributed by atoms with Gasteiger partial charge in [-0.3, -0.25) is 0 Å². The lowest BCUT2D eigenvalue weighted by atomic mass is 9.92. The summed E-state index contributed by atoms with van der Waals surface area (Å²) in [6, 6.07) is 0. The number of rotatable bonds is 0. The van der Waals surface area contributed by atoms with Crippen LogP contribution >= 0.6 is 8.58 Å². The zero-order valence-corrected chi connectivity index (χ0v) is 10.6. The second-order valence-electron chi connectivity index (χ2n) is 5.85. The molecule has 0 amide bonds. The van der Waals surface area contributed by atoms with Gasteiger partial charge in [0.2, 0.25) is 0 Å². The van der Waals surface area contributed by atoms with Gasteiger partial charge in [-0.15, -0.1) is 8.58 Å². The van der Waals surface area contributed by atoms with Crippen molar-refractivity contribution in [2.24, 2.45) is 0 Å². The van der Waals surface area contributed by atoms with E-state index in [1.54, 1.807) is 0 Å². The van der Waals surface area contributed by atoms with E-state index in [1.165, 1.54) is 0 Å². The SMILES string of the molecule is B.CC1(C)CC2(CC(C)(C)P1)OCCO2. The molecule has 2 heterocycles. The van der Waals surface area contributed by atoms with Gasteiger partial charge >= 0.3 is 0 Å². The Hall–Kier alpha value is 0.415. The molecule has 0 bridgehead atoms. The van der Waals surface area contributed by atoms with Crippen molar-refractivity contribution in [2.45, 2.75) is 56.6 Å². The number of hydrogen-bond acceptors (Lipinski definition) is 2. The van der Waals surface area contributed by atoms with Gasteiger partial charge in [-0.05, 0) is 10.3 Å². The Morgan fingerprint density at radius 2 is 1.27 bits per heavy atom. The average molecular weight is 230 g/mol. The fraction of sp³-hybridized carbons (Fsp3) is 1.00. The van der Waals surface area contributed by atoms with Crippen LogP contribution in [0, 0.1) is 0 Å². The maximum absolute atomic E-state index is 5.83. The van der Waals surface area contributed by atoms with Crippen LogP contribution < -0.4 is 0 Å². The lowest BCUT2D eigenvalue weighted by molar-refractivity contribution is -0.178. The molecule has 2 saturated heterocycles. The number of ether oxygens (including phenoxy) is 2. The first-order valence-electron chi connectivity index (χ1n) is 5.40. The zero-order valence-electron chi connectivity index (χ0n) is 9.64. The van der Waals surface area contributed by atoms with Crippen molar-refractivity contribution < 1.29 is 9.47 Å². The third-order valence-corrected chi connectivity index (χ3v) is 4.62. The summed E-state index contributed by atoms with van der Waals surface area (Å²) in [4.78, 5) is 0. The van der Waals surface area contributed by atoms with E-state index in [9.17, 15) is 0 Å². The molecule has 2 rings (SSSR count). The topological polar surface area (TPSA) is 18.5 Å². The van der Waals surface area contributed by atoms with Crippen molar-refractivity contribution in [2.75, 3.05) is 13.2 Å². The lowest BCUT2D eigenvalue weighted by Crippen LogP contribution is -2.47. The molecule has 0 aromatic rings. The molecule has 0 aromatic heterocycles. The first-order valence-corrected chi connectivity index (χ1v) is 6.40. The minimum atomic E-state index is -0.252. The summed E-state index contributed by atoms with van der Waals surface area (Å²) in [6.45, 7) is 10.9. The van der Waals surface area contributed by atoms with Crippen molar-refractivity contribution >= 4 is 17.0 Å². The third-order valence-electron chi connectivity index (χ3n) is 2.91. The Morgan fingerprint density at radius 1 is 0.867 bits per heavy atom. The maximum atomic E-state index is 5.83. The van der Waals surface area contributed by atoms with Crippen LogP contribution in [0.3, 0.4) is 0 Å². The van der Waals surface area contributed by atoms with Crippen LogP contribution in [0.25, 0.3) is 0 Å². The molecule has 0 radical (unpaired) electrons. The van der Waals surface area contributed by atoms with Gasteiger partial charge in [0.05, 0.1) is 21.6 Å². The molecule has 15 heavy (non-hydrogen) atoms. The molecule has 4 heteroatoms. The van der Waals surface area contributed by atoms with Gasteiger partial charge in [0.15, 0.2) is 5.79 Å². The van der Waals surface area contributed by atoms with Gasteiger partial charge in [-0.1, -0.05) is 27.7 Å². The molecule has 2 fully saturated rings. The standard InChI is InChI=1S/C11H21O2P.BH3/c1-9(2)7-11(12-5-6-13-11)8-10(3,4)14-9;/h14H,5-8H2,1-4H3;1H3. The van der Waals surface area contributed by atoms with E-state index in [0.717, 1.165) is 34.6 Å². The average Bonchev–Trinajstić information content (AvgIpc) is 2.27. The molecule has 2 aliphatic rings. The molecular formula is C11H24BO2P. The van der Waals surface area contributed by atoms with Crippen molar-refractivity contribution in [1.82, 2.24) is 0 Å². The lowest BCUT2D eigenvalue weighted by Gasteiger charge is -2.49. The van der Waals surface area contributed by atoms with Crippen LogP contribution in [0.1, 0.15) is 40.5 Å². The predicted octanol–water partition coefficient (Wildman–Crippen LogP) is 1.58. The highest BCUT2D eigenvalue weighted by molar-refractivity contribution is 7.41. The minimum absolute atomic E-state index is 0. The molecule has 88 valence electrons. The summed E-state index contributed by atoms with van der Waals surface area (Å²) in [5.41, 5.74) is 0. The largest absolute Gasteiger partial charge is 0.347 e. The Kier molecular flexibility index (Phi) is 3.61. The highest BCUT2D eigenvalue weighted by Crippen LogP contribution is 2.57. The Labute approximate surface area is 96.8 Å². The fourth-order valence-corrected chi connectivity index (χ4v) is 5.66. The molecular weight excluding hydrogens is 206 g/mol. The zero-order chi connectivity index (χ0) is 10.4. The maximum Gasteiger partial charge on any atom is 0.170 e. The summed E-state index contributed by atoms with van der Waals surface area (Å²) >= 11 is 0. The molecule has 0 unspecified atom stereocenters. The highest BCUT2D eigenvalue weighted by Gasteiger charge is 2.50. The second kappa shape index (κ2) is 4.02. The van der Waals surface area contributed by atoms with E-state index in [1.807, 2.05) is 0 Å². The Morgan fingerprint density at radius 3 is 1.67 bits per heavy atom. The van der Waals surface area contributed by atoms with Gasteiger partial charge in [-0.2, -0.15) is 0 Å². The van der Waals surface area contributed by atoms with Gasteiger partial charge in [0.1, 0.15) is 0 Å². The second-order valence-corrected chi connectivity index (χ2v) is 8.81. The fourth-order valence-electron chi connectivity index (χ4n) is 3.11. The number of hydrogen-bond donors (Lipinski definition) is 0. The molecule has 0 atom stereocenters. The van der Waals surface area contributed by atoms with E-state index < -0.39 is 0 Å². The van der Waals surface area contributed by atoms with Crippen molar-refractivity contribution in [3.63, 3.8) is 0 Å². The summed E-state index contributed by atoms with van der Waals surface area (Å²) in [5, 5.41) is 0.734. The first-order chi connectivity index (χ1) is 6.33. The van der Waals surface area contributed by atoms with Crippen molar-refractivity contribution in [3.8, 4) is 0 Å². The summed E-state index contributed by atoms with van der Waals surface area (Å²) in [6.07, 6.45) is 2.11. The van der Waals surface area contributed by atoms with Crippen LogP contribution in [0.2, 0.25) is 0 Å². The molecule has 0 aliphatic carbocycles. The van der Waals surface area contributed by atoms with E-state index in [4.69, 9.17) is 9.47 Å². The van der Waals surface area contributed by atoms with Crippen LogP contribution in [0.15, 0.2) is 0 Å². The van der Waals surface area contributed by atoms with Gasteiger partial charge in [0, 0.05) is 12.8 Å². The van der Waals surface area contributed by atoms with Gasteiger partial charge < -0.3 is 9.47 Å². The van der Waals surface area contributed by atoms with Gasteiger partial charge in [-0.25, -0.2) is 0 Å². The highest BCUT2D eigenvalue weighted by atomic mass is 31.1. The Bertz CT molecular complexity index is 217. The minimum Gasteiger partial charge on any atom is -0.347 e. The van der Waals surface area contributed by atoms with Crippen molar-refractivity contribution in [3.05, 3.63) is 0 Å². The Balaban J connectivity index is 0.00000112. The van der Waals surface area contributed by atoms with E-state index in [-0.39, 0.29) is 14.2 Å². The van der Waals surface area contributed by atoms with Crippen LogP contribution in [0.4, 0.5) is 0 Å². The monoisotopic (exact) mass is 230 g/mol. The van der Waals surface area contributed by atoms with E-state index in [0.29, 0.717) is 10.3 Å². The first kappa shape index (κ1) is 13.5. The molecule has 2 aliphatic heterocycles. The molecule has 2 nitrogen and oxygen atoms in total. The molecule has 0 saturated carbocycles. The van der Waals surface area contributed by atoms with E-state index >= 15 is 0 Å². The third kappa shape index (κ3) is 2.96. The predicted molar refractivity (Wildman–Crippen MR) is 70.3 cm³/mol. The smallest absolute Gasteiger partial charge is 0.170 e. The van der Waals surface area contributed by atoms with Crippen LogP contribution in [0.5, 0.6) is 0 Å². The van der Waals surface area contributed by atoms with Crippen LogP contribution in [-0.4, -0.2) is 37.7 Å². The van der Waals surface area contributed by atoms with Gasteiger partial charge in [0.25, 0.3) is 0 Å². The molecule has 0 N–H and O–H groups in total. The molecule has 0 aromatic carbocycles. The molecule has 1 spiro atoms.